The lowest BCUT2D eigenvalue weighted by atomic mass is 9.98. The van der Waals surface area contributed by atoms with Crippen LogP contribution in [0.4, 0.5) is 0 Å². The van der Waals surface area contributed by atoms with Crippen molar-refractivity contribution in [3.8, 4) is 78.4 Å². The van der Waals surface area contributed by atoms with Crippen LogP contribution in [-0.4, -0.2) is 9.97 Å². The molecule has 0 fully saturated rings. The number of rotatable bonds is 8. The van der Waals surface area contributed by atoms with Gasteiger partial charge in [-0.2, -0.15) is 0 Å². The van der Waals surface area contributed by atoms with Gasteiger partial charge in [0.25, 0.3) is 0 Å². The summed E-state index contributed by atoms with van der Waals surface area (Å²) >= 11 is 0. The van der Waals surface area contributed by atoms with E-state index in [1.54, 1.807) is 0 Å². The van der Waals surface area contributed by atoms with Gasteiger partial charge >= 0.3 is 0 Å². The molecule has 0 unspecified atom stereocenters. The molecule has 0 aliphatic rings. The average molecular weight is 639 g/mol. The molecule has 2 nitrogen and oxygen atoms in total. The minimum Gasteiger partial charge on any atom is -0.228 e. The maximum atomic E-state index is 5.10. The highest BCUT2D eigenvalue weighted by atomic mass is 14.9. The Bertz CT molecular complexity index is 2210. The van der Waals surface area contributed by atoms with Gasteiger partial charge in [-0.3, -0.25) is 0 Å². The van der Waals surface area contributed by atoms with Crippen LogP contribution >= 0.6 is 0 Å². The molecule has 0 atom stereocenters. The topological polar surface area (TPSA) is 25.8 Å². The molecular weight excluding hydrogens is 605 g/mol. The summed E-state index contributed by atoms with van der Waals surface area (Å²) in [5.74, 6) is 0.692. The van der Waals surface area contributed by atoms with Gasteiger partial charge in [0.2, 0.25) is 0 Å². The summed E-state index contributed by atoms with van der Waals surface area (Å²) in [6.07, 6.45) is 1.86. The van der Waals surface area contributed by atoms with Gasteiger partial charge in [-0.25, -0.2) is 9.97 Å². The molecule has 0 saturated heterocycles. The monoisotopic (exact) mass is 638 g/mol. The van der Waals surface area contributed by atoms with Crippen molar-refractivity contribution in [2.45, 2.75) is 0 Å². The molecule has 8 aromatic rings. The van der Waals surface area contributed by atoms with Crippen LogP contribution in [-0.2, 0) is 0 Å². The third-order valence-electron chi connectivity index (χ3n) is 9.14. The van der Waals surface area contributed by atoms with Crippen molar-refractivity contribution in [1.29, 1.82) is 0 Å². The molecule has 0 aliphatic heterocycles. The molecular formula is C48H34N2. The second-order valence-electron chi connectivity index (χ2n) is 12.3. The quantitative estimate of drug-likeness (QED) is 0.165. The zero-order chi connectivity index (χ0) is 33.7. The van der Waals surface area contributed by atoms with Gasteiger partial charge in [0.05, 0.1) is 11.4 Å². The van der Waals surface area contributed by atoms with Gasteiger partial charge in [-0.1, -0.05) is 195 Å². The van der Waals surface area contributed by atoms with Crippen LogP contribution in [0.5, 0.6) is 0 Å². The number of hydrogen-bond acceptors (Lipinski definition) is 2. The molecule has 0 N–H and O–H groups in total. The van der Waals surface area contributed by atoms with E-state index in [1.807, 2.05) is 18.2 Å². The van der Waals surface area contributed by atoms with E-state index < -0.39 is 0 Å². The molecule has 0 aliphatic carbocycles. The lowest BCUT2D eigenvalue weighted by molar-refractivity contribution is 1.18. The predicted molar refractivity (Wildman–Crippen MR) is 210 cm³/mol. The molecule has 1 heterocycles. The Hall–Kier alpha value is -6.64. The Morgan fingerprint density at radius 1 is 0.300 bits per heavy atom. The predicted octanol–water partition coefficient (Wildman–Crippen LogP) is 12.8. The molecule has 0 saturated carbocycles. The molecule has 50 heavy (non-hydrogen) atoms. The number of hydrogen-bond donors (Lipinski definition) is 0. The largest absolute Gasteiger partial charge is 0.228 e. The van der Waals surface area contributed by atoms with E-state index in [2.05, 4.69) is 183 Å². The molecule has 7 aromatic carbocycles. The van der Waals surface area contributed by atoms with E-state index in [0.717, 1.165) is 44.8 Å². The van der Waals surface area contributed by atoms with Crippen molar-refractivity contribution >= 4 is 6.08 Å². The fourth-order valence-corrected chi connectivity index (χ4v) is 6.28. The van der Waals surface area contributed by atoms with Crippen molar-refractivity contribution in [3.05, 3.63) is 200 Å². The lowest BCUT2D eigenvalue weighted by Gasteiger charge is -2.11. The van der Waals surface area contributed by atoms with Crippen molar-refractivity contribution in [3.63, 3.8) is 0 Å². The summed E-state index contributed by atoms with van der Waals surface area (Å²) in [6.45, 7) is 3.91. The zero-order valence-corrected chi connectivity index (χ0v) is 27.6. The van der Waals surface area contributed by atoms with E-state index in [4.69, 9.17) is 9.97 Å². The van der Waals surface area contributed by atoms with Crippen molar-refractivity contribution in [1.82, 2.24) is 9.97 Å². The second kappa shape index (κ2) is 13.8. The molecule has 0 amide bonds. The van der Waals surface area contributed by atoms with Crippen molar-refractivity contribution in [2.75, 3.05) is 0 Å². The Kier molecular flexibility index (Phi) is 8.49. The number of benzene rings is 7. The summed E-state index contributed by atoms with van der Waals surface area (Å²) in [4.78, 5) is 10.2. The first-order valence-electron chi connectivity index (χ1n) is 16.8. The van der Waals surface area contributed by atoms with E-state index in [0.29, 0.717) is 5.82 Å². The van der Waals surface area contributed by atoms with Crippen LogP contribution in [0.1, 0.15) is 5.56 Å². The van der Waals surface area contributed by atoms with Gasteiger partial charge in [-0.05, 0) is 56.1 Å². The van der Waals surface area contributed by atoms with Gasteiger partial charge in [0.1, 0.15) is 0 Å². The van der Waals surface area contributed by atoms with Gasteiger partial charge in [0.15, 0.2) is 5.82 Å². The Morgan fingerprint density at radius 3 is 0.920 bits per heavy atom. The molecule has 2 heteroatoms. The van der Waals surface area contributed by atoms with Gasteiger partial charge in [-0.15, -0.1) is 0 Å². The highest BCUT2D eigenvalue weighted by Gasteiger charge is 2.12. The first-order chi connectivity index (χ1) is 24.7. The highest BCUT2D eigenvalue weighted by molar-refractivity contribution is 5.77. The lowest BCUT2D eigenvalue weighted by Crippen LogP contribution is -1.96. The third kappa shape index (κ3) is 6.56. The molecule has 1 aromatic heterocycles. The van der Waals surface area contributed by atoms with Gasteiger partial charge < -0.3 is 0 Å². The number of nitrogens with zero attached hydrogens (tertiary/aromatic N) is 2. The van der Waals surface area contributed by atoms with E-state index in [-0.39, 0.29) is 0 Å². The second-order valence-corrected chi connectivity index (χ2v) is 12.3. The average Bonchev–Trinajstić information content (AvgIpc) is 3.21. The Balaban J connectivity index is 1.10. The van der Waals surface area contributed by atoms with E-state index >= 15 is 0 Å². The minimum atomic E-state index is 0.692. The fourth-order valence-electron chi connectivity index (χ4n) is 6.28. The first-order valence-corrected chi connectivity index (χ1v) is 16.8. The van der Waals surface area contributed by atoms with E-state index in [1.165, 1.54) is 33.4 Å². The normalized spacial score (nSPS) is 10.9. The molecule has 8 rings (SSSR count). The standard InChI is InChI=1S/C48H34N2/c1-2-34-13-15-43(16-14-34)46-33-47(44-29-25-41(26-30-44)39-21-17-37(18-22-39)35-9-5-3-6-10-35)50-48(49-46)45-31-27-42(28-32-45)40-23-19-38(20-24-40)36-11-7-4-8-12-36/h2-33H,1H2. The Morgan fingerprint density at radius 2 is 0.580 bits per heavy atom. The maximum Gasteiger partial charge on any atom is 0.160 e. The SMILES string of the molecule is C=Cc1ccc(-c2cc(-c3ccc(-c4ccc(-c5ccccc5)cc4)cc3)nc(-c3ccc(-c4ccc(-c5ccccc5)cc4)cc3)n2)cc1. The van der Waals surface area contributed by atoms with Crippen molar-refractivity contribution in [2.24, 2.45) is 0 Å². The van der Waals surface area contributed by atoms with Gasteiger partial charge in [0, 0.05) is 16.7 Å². The summed E-state index contributed by atoms with van der Waals surface area (Å²) in [6, 6.07) is 66.0. The van der Waals surface area contributed by atoms with E-state index in [9.17, 15) is 0 Å². The summed E-state index contributed by atoms with van der Waals surface area (Å²) in [5, 5.41) is 0. The fraction of sp³-hybridized carbons (Fsp3) is 0. The van der Waals surface area contributed by atoms with Crippen LogP contribution in [0.3, 0.4) is 0 Å². The summed E-state index contributed by atoms with van der Waals surface area (Å²) in [7, 11) is 0. The maximum absolute atomic E-state index is 5.10. The smallest absolute Gasteiger partial charge is 0.160 e. The summed E-state index contributed by atoms with van der Waals surface area (Å²) in [5.41, 5.74) is 15.4. The van der Waals surface area contributed by atoms with Crippen LogP contribution in [0, 0.1) is 0 Å². The third-order valence-corrected chi connectivity index (χ3v) is 9.14. The molecule has 0 bridgehead atoms. The van der Waals surface area contributed by atoms with Crippen LogP contribution < -0.4 is 0 Å². The summed E-state index contributed by atoms with van der Waals surface area (Å²) < 4.78 is 0. The van der Waals surface area contributed by atoms with Crippen LogP contribution in [0.15, 0.2) is 195 Å². The zero-order valence-electron chi connectivity index (χ0n) is 27.6. The van der Waals surface area contributed by atoms with Crippen LogP contribution in [0.25, 0.3) is 84.5 Å². The first kappa shape index (κ1) is 30.7. The minimum absolute atomic E-state index is 0.692. The number of aromatic nitrogens is 2. The van der Waals surface area contributed by atoms with Crippen molar-refractivity contribution < 1.29 is 0 Å². The Labute approximate surface area is 293 Å². The molecule has 236 valence electrons. The van der Waals surface area contributed by atoms with Crippen LogP contribution in [0.2, 0.25) is 0 Å². The highest BCUT2D eigenvalue weighted by Crippen LogP contribution is 2.32. The molecule has 0 radical (unpaired) electrons. The molecule has 0 spiro atoms.